The van der Waals surface area contributed by atoms with E-state index in [1.807, 2.05) is 13.8 Å². The summed E-state index contributed by atoms with van der Waals surface area (Å²) in [5, 5.41) is 2.82. The lowest BCUT2D eigenvalue weighted by molar-refractivity contribution is -0.152. The lowest BCUT2D eigenvalue weighted by Crippen LogP contribution is -2.64. The number of ether oxygens (including phenoxy) is 1. The number of nitrogens with one attached hydrogen (secondary N) is 1. The fourth-order valence-corrected chi connectivity index (χ4v) is 3.15. The Kier molecular flexibility index (Phi) is 4.37. The lowest BCUT2D eigenvalue weighted by Gasteiger charge is -2.39. The summed E-state index contributed by atoms with van der Waals surface area (Å²) in [6.45, 7) is 8.54. The average Bonchev–Trinajstić information content (AvgIpc) is 2.73. The van der Waals surface area contributed by atoms with Crippen LogP contribution in [0.5, 0.6) is 0 Å². The second kappa shape index (κ2) is 5.72. The zero-order chi connectivity index (χ0) is 14.9. The van der Waals surface area contributed by atoms with Crippen molar-refractivity contribution in [1.82, 2.24) is 10.2 Å². The Morgan fingerprint density at radius 2 is 2.00 bits per heavy atom. The number of hydrogen-bond donors (Lipinski definition) is 1. The van der Waals surface area contributed by atoms with E-state index in [9.17, 15) is 9.59 Å². The van der Waals surface area contributed by atoms with Gasteiger partial charge in [0, 0.05) is 6.54 Å². The number of nitrogens with zero attached hydrogens (tertiary/aromatic N) is 1. The predicted octanol–water partition coefficient (Wildman–Crippen LogP) is 1.46. The molecule has 0 aromatic carbocycles. The predicted molar refractivity (Wildman–Crippen MR) is 76.2 cm³/mol. The number of piperazine rings is 1. The van der Waals surface area contributed by atoms with Crippen LogP contribution in [0.4, 0.5) is 0 Å². The SMILES string of the molecule is CCC1NC(=O)C(CC)N(CC2CCC(C)(C)O2)C1=O. The number of hydrogen-bond acceptors (Lipinski definition) is 3. The smallest absolute Gasteiger partial charge is 0.245 e. The van der Waals surface area contributed by atoms with Gasteiger partial charge in [0.25, 0.3) is 0 Å². The fourth-order valence-electron chi connectivity index (χ4n) is 3.15. The Morgan fingerprint density at radius 1 is 1.30 bits per heavy atom. The highest BCUT2D eigenvalue weighted by atomic mass is 16.5. The molecule has 0 aliphatic carbocycles. The number of rotatable bonds is 4. The van der Waals surface area contributed by atoms with E-state index in [4.69, 9.17) is 4.74 Å². The Bertz CT molecular complexity index is 395. The minimum atomic E-state index is -0.375. The van der Waals surface area contributed by atoms with Crippen LogP contribution in [0.1, 0.15) is 53.4 Å². The summed E-state index contributed by atoms with van der Waals surface area (Å²) >= 11 is 0. The first-order valence-corrected chi connectivity index (χ1v) is 7.66. The summed E-state index contributed by atoms with van der Waals surface area (Å²) in [6.07, 6.45) is 3.27. The molecular formula is C15H26N2O3. The van der Waals surface area contributed by atoms with Crippen LogP contribution in [0.3, 0.4) is 0 Å². The minimum Gasteiger partial charge on any atom is -0.371 e. The maximum absolute atomic E-state index is 12.5. The van der Waals surface area contributed by atoms with Crippen molar-refractivity contribution in [2.75, 3.05) is 6.54 Å². The van der Waals surface area contributed by atoms with E-state index in [1.165, 1.54) is 0 Å². The van der Waals surface area contributed by atoms with Gasteiger partial charge in [-0.1, -0.05) is 13.8 Å². The molecule has 0 aromatic heterocycles. The first-order valence-electron chi connectivity index (χ1n) is 7.66. The molecule has 2 amide bonds. The van der Waals surface area contributed by atoms with Crippen LogP contribution in [-0.2, 0) is 14.3 Å². The third kappa shape index (κ3) is 2.97. The molecule has 114 valence electrons. The minimum absolute atomic E-state index is 0.0313. The van der Waals surface area contributed by atoms with E-state index in [-0.39, 0.29) is 35.6 Å². The van der Waals surface area contributed by atoms with Crippen molar-refractivity contribution >= 4 is 11.8 Å². The molecule has 2 aliphatic rings. The van der Waals surface area contributed by atoms with Crippen LogP contribution in [0.2, 0.25) is 0 Å². The highest BCUT2D eigenvalue weighted by Crippen LogP contribution is 2.30. The zero-order valence-electron chi connectivity index (χ0n) is 12.9. The molecule has 1 N–H and O–H groups in total. The summed E-state index contributed by atoms with van der Waals surface area (Å²) in [7, 11) is 0. The Hall–Kier alpha value is -1.10. The molecule has 5 heteroatoms. The molecule has 3 atom stereocenters. The molecule has 2 aliphatic heterocycles. The largest absolute Gasteiger partial charge is 0.371 e. The normalized spacial score (nSPS) is 33.4. The molecule has 0 aromatic rings. The van der Waals surface area contributed by atoms with E-state index in [1.54, 1.807) is 4.90 Å². The van der Waals surface area contributed by atoms with Crippen LogP contribution in [0.15, 0.2) is 0 Å². The summed E-state index contributed by atoms with van der Waals surface area (Å²) in [5.41, 5.74) is -0.113. The maximum atomic E-state index is 12.5. The zero-order valence-corrected chi connectivity index (χ0v) is 12.9. The van der Waals surface area contributed by atoms with Gasteiger partial charge in [-0.15, -0.1) is 0 Å². The van der Waals surface area contributed by atoms with Crippen LogP contribution < -0.4 is 5.32 Å². The second-order valence-corrected chi connectivity index (χ2v) is 6.42. The van der Waals surface area contributed by atoms with Crippen LogP contribution in [0.25, 0.3) is 0 Å². The Morgan fingerprint density at radius 3 is 2.50 bits per heavy atom. The van der Waals surface area contributed by atoms with E-state index >= 15 is 0 Å². The fraction of sp³-hybridized carbons (Fsp3) is 0.867. The van der Waals surface area contributed by atoms with E-state index in [2.05, 4.69) is 19.2 Å². The van der Waals surface area contributed by atoms with Crippen LogP contribution in [-0.4, -0.2) is 47.0 Å². The van der Waals surface area contributed by atoms with Crippen molar-refractivity contribution in [3.8, 4) is 0 Å². The monoisotopic (exact) mass is 282 g/mol. The third-order valence-electron chi connectivity index (χ3n) is 4.33. The van der Waals surface area contributed by atoms with Crippen molar-refractivity contribution in [3.63, 3.8) is 0 Å². The number of carbonyl (C=O) groups is 2. The third-order valence-corrected chi connectivity index (χ3v) is 4.33. The van der Waals surface area contributed by atoms with Gasteiger partial charge in [0.05, 0.1) is 11.7 Å². The highest BCUT2D eigenvalue weighted by Gasteiger charge is 2.41. The second-order valence-electron chi connectivity index (χ2n) is 6.42. The average molecular weight is 282 g/mol. The van der Waals surface area contributed by atoms with Gasteiger partial charge in [-0.05, 0) is 39.5 Å². The molecule has 0 radical (unpaired) electrons. The highest BCUT2D eigenvalue weighted by molar-refractivity contribution is 5.96. The van der Waals surface area contributed by atoms with Crippen molar-refractivity contribution in [3.05, 3.63) is 0 Å². The quantitative estimate of drug-likeness (QED) is 0.849. The van der Waals surface area contributed by atoms with Gasteiger partial charge in [0.15, 0.2) is 0 Å². The molecule has 0 bridgehead atoms. The van der Waals surface area contributed by atoms with Crippen molar-refractivity contribution in [1.29, 1.82) is 0 Å². The topological polar surface area (TPSA) is 58.6 Å². The van der Waals surface area contributed by atoms with E-state index < -0.39 is 0 Å². The molecule has 0 spiro atoms. The van der Waals surface area contributed by atoms with Crippen molar-refractivity contribution in [2.24, 2.45) is 0 Å². The van der Waals surface area contributed by atoms with Crippen LogP contribution >= 0.6 is 0 Å². The molecule has 5 nitrogen and oxygen atoms in total. The molecule has 20 heavy (non-hydrogen) atoms. The van der Waals surface area contributed by atoms with Gasteiger partial charge in [-0.3, -0.25) is 9.59 Å². The number of amides is 2. The summed E-state index contributed by atoms with van der Waals surface area (Å²) in [6, 6.07) is -0.725. The summed E-state index contributed by atoms with van der Waals surface area (Å²) in [5.74, 6) is 0.00321. The lowest BCUT2D eigenvalue weighted by atomic mass is 10.0. The molecule has 0 saturated carbocycles. The summed E-state index contributed by atoms with van der Waals surface area (Å²) in [4.78, 5) is 26.3. The van der Waals surface area contributed by atoms with Crippen LogP contribution in [0, 0.1) is 0 Å². The van der Waals surface area contributed by atoms with Gasteiger partial charge in [-0.2, -0.15) is 0 Å². The molecule has 2 saturated heterocycles. The summed E-state index contributed by atoms with van der Waals surface area (Å²) < 4.78 is 5.97. The number of carbonyl (C=O) groups excluding carboxylic acids is 2. The maximum Gasteiger partial charge on any atom is 0.245 e. The van der Waals surface area contributed by atoms with Gasteiger partial charge in [0.2, 0.25) is 11.8 Å². The molecule has 3 unspecified atom stereocenters. The van der Waals surface area contributed by atoms with Crippen molar-refractivity contribution < 1.29 is 14.3 Å². The molecule has 2 fully saturated rings. The molecule has 2 rings (SSSR count). The Balaban J connectivity index is 2.09. The van der Waals surface area contributed by atoms with Crippen molar-refractivity contribution in [2.45, 2.75) is 77.2 Å². The van der Waals surface area contributed by atoms with Gasteiger partial charge in [0.1, 0.15) is 12.1 Å². The van der Waals surface area contributed by atoms with Gasteiger partial charge < -0.3 is 15.0 Å². The molecular weight excluding hydrogens is 256 g/mol. The molecule has 2 heterocycles. The first-order chi connectivity index (χ1) is 9.38. The van der Waals surface area contributed by atoms with Gasteiger partial charge in [-0.25, -0.2) is 0 Å². The van der Waals surface area contributed by atoms with E-state index in [0.717, 1.165) is 12.8 Å². The van der Waals surface area contributed by atoms with E-state index in [0.29, 0.717) is 19.4 Å². The Labute approximate surface area is 121 Å². The standard InChI is InChI=1S/C15H26N2O3/c1-5-11-14(19)17(12(6-2)13(18)16-11)9-10-7-8-15(3,4)20-10/h10-12H,5-9H2,1-4H3,(H,16,18). The van der Waals surface area contributed by atoms with Gasteiger partial charge >= 0.3 is 0 Å². The first kappa shape index (κ1) is 15.3.